The van der Waals surface area contributed by atoms with Crippen molar-refractivity contribution in [1.82, 2.24) is 5.32 Å². The van der Waals surface area contributed by atoms with E-state index in [0.29, 0.717) is 5.56 Å². The van der Waals surface area contributed by atoms with Gasteiger partial charge in [-0.25, -0.2) is 0 Å². The van der Waals surface area contributed by atoms with E-state index in [4.69, 9.17) is 4.74 Å². The number of hydrogen-bond donors (Lipinski definition) is 2. The number of rotatable bonds is 7. The van der Waals surface area contributed by atoms with E-state index in [1.807, 2.05) is 0 Å². The molecule has 1 amide bonds. The lowest BCUT2D eigenvalue weighted by atomic mass is 9.87. The van der Waals surface area contributed by atoms with Crippen molar-refractivity contribution >= 4 is 5.91 Å². The topological polar surface area (TPSA) is 67.8 Å². The van der Waals surface area contributed by atoms with Gasteiger partial charge in [0.2, 0.25) is 5.91 Å². The number of alkyl halides is 3. The number of hydrogen-bond acceptors (Lipinski definition) is 4. The van der Waals surface area contributed by atoms with E-state index in [1.165, 1.54) is 25.3 Å². The second-order valence-corrected chi connectivity index (χ2v) is 6.78. The molecule has 0 aliphatic rings. The fourth-order valence-corrected chi connectivity index (χ4v) is 2.05. The molecule has 5 nitrogen and oxygen atoms in total. The smallest absolute Gasteiger partial charge is 0.406 e. The maximum absolute atomic E-state index is 12.3. The molecule has 0 saturated carbocycles. The van der Waals surface area contributed by atoms with Crippen LogP contribution in [-0.2, 0) is 9.53 Å². The summed E-state index contributed by atoms with van der Waals surface area (Å²) in [6, 6.07) is 4.66. The van der Waals surface area contributed by atoms with Crippen molar-refractivity contribution in [2.45, 2.75) is 45.7 Å². The van der Waals surface area contributed by atoms with Gasteiger partial charge in [-0.3, -0.25) is 4.79 Å². The van der Waals surface area contributed by atoms with Crippen molar-refractivity contribution in [3.05, 3.63) is 29.8 Å². The third-order valence-electron chi connectivity index (χ3n) is 3.54. The molecule has 1 unspecified atom stereocenters. The van der Waals surface area contributed by atoms with Crippen LogP contribution in [0, 0.1) is 5.41 Å². The Hall–Kier alpha value is -1.80. The maximum atomic E-state index is 12.3. The predicted octanol–water partition coefficient (Wildman–Crippen LogP) is 3.19. The van der Waals surface area contributed by atoms with Gasteiger partial charge < -0.3 is 19.9 Å². The van der Waals surface area contributed by atoms with Gasteiger partial charge in [-0.15, -0.1) is 13.2 Å². The van der Waals surface area contributed by atoms with Crippen LogP contribution in [0.25, 0.3) is 0 Å². The molecule has 0 fully saturated rings. The summed E-state index contributed by atoms with van der Waals surface area (Å²) in [6.07, 6.45) is -5.77. The van der Waals surface area contributed by atoms with Gasteiger partial charge in [0.05, 0.1) is 25.2 Å². The van der Waals surface area contributed by atoms with Crippen molar-refractivity contribution < 1.29 is 32.5 Å². The summed E-state index contributed by atoms with van der Waals surface area (Å²) in [5, 5.41) is 12.7. The molecular weight excluding hydrogens is 339 g/mol. The number of carbonyl (C=O) groups excluding carboxylic acids is 1. The van der Waals surface area contributed by atoms with Crippen LogP contribution in [0.5, 0.6) is 5.75 Å². The van der Waals surface area contributed by atoms with Crippen LogP contribution >= 0.6 is 0 Å². The first-order chi connectivity index (χ1) is 11.4. The quantitative estimate of drug-likeness (QED) is 0.781. The van der Waals surface area contributed by atoms with E-state index in [0.717, 1.165) is 0 Å². The average Bonchev–Trinajstić information content (AvgIpc) is 2.44. The zero-order valence-electron chi connectivity index (χ0n) is 14.7. The molecule has 8 heteroatoms. The summed E-state index contributed by atoms with van der Waals surface area (Å²) >= 11 is 0. The number of amides is 1. The van der Waals surface area contributed by atoms with Crippen molar-refractivity contribution in [3.63, 3.8) is 0 Å². The molecule has 0 bridgehead atoms. The Balaban J connectivity index is 2.86. The highest BCUT2D eigenvalue weighted by Gasteiger charge is 2.31. The van der Waals surface area contributed by atoms with Crippen molar-refractivity contribution in [2.75, 3.05) is 13.7 Å². The van der Waals surface area contributed by atoms with Crippen LogP contribution in [0.4, 0.5) is 13.2 Å². The minimum absolute atomic E-state index is 0.0623. The highest BCUT2D eigenvalue weighted by molar-refractivity contribution is 5.77. The van der Waals surface area contributed by atoms with Crippen LogP contribution in [-0.4, -0.2) is 37.2 Å². The van der Waals surface area contributed by atoms with Crippen LogP contribution in [0.15, 0.2) is 24.3 Å². The van der Waals surface area contributed by atoms with Gasteiger partial charge in [-0.1, -0.05) is 32.9 Å². The lowest BCUT2D eigenvalue weighted by Gasteiger charge is -2.26. The maximum Gasteiger partial charge on any atom is 0.573 e. The molecule has 1 aromatic rings. The highest BCUT2D eigenvalue weighted by Crippen LogP contribution is 2.26. The first-order valence-electron chi connectivity index (χ1n) is 7.74. The van der Waals surface area contributed by atoms with E-state index in [1.54, 1.807) is 26.8 Å². The molecule has 0 aliphatic carbocycles. The van der Waals surface area contributed by atoms with Gasteiger partial charge in [0, 0.05) is 7.11 Å². The Morgan fingerprint density at radius 1 is 1.28 bits per heavy atom. The van der Waals surface area contributed by atoms with E-state index in [-0.39, 0.29) is 18.8 Å². The molecule has 1 rings (SSSR count). The summed E-state index contributed by atoms with van der Waals surface area (Å²) < 4.78 is 46.0. The summed E-state index contributed by atoms with van der Waals surface area (Å²) in [4.78, 5) is 12.1. The normalized spacial score (nSPS) is 14.7. The Morgan fingerprint density at radius 2 is 1.92 bits per heavy atom. The molecular formula is C17H24F3NO4. The molecule has 2 N–H and O–H groups in total. The second kappa shape index (κ2) is 8.53. The first kappa shape index (κ1) is 21.2. The van der Waals surface area contributed by atoms with E-state index in [2.05, 4.69) is 10.1 Å². The zero-order chi connectivity index (χ0) is 19.3. The van der Waals surface area contributed by atoms with Crippen molar-refractivity contribution in [2.24, 2.45) is 5.41 Å². The van der Waals surface area contributed by atoms with E-state index >= 15 is 0 Å². The molecule has 0 aliphatic heterocycles. The van der Waals surface area contributed by atoms with Crippen LogP contribution < -0.4 is 10.1 Å². The Kier molecular flexibility index (Phi) is 7.25. The molecule has 1 aromatic carbocycles. The second-order valence-electron chi connectivity index (χ2n) is 6.78. The fraction of sp³-hybridized carbons (Fsp3) is 0.588. The molecule has 0 radical (unpaired) electrons. The number of benzene rings is 1. The lowest BCUT2D eigenvalue weighted by Crippen LogP contribution is -2.37. The SMILES string of the molecule is COC[C@H](NC(=O)CC(O)C(C)(C)C)c1cccc(OC(F)(F)F)c1. The number of nitrogens with one attached hydrogen (secondary N) is 1. The largest absolute Gasteiger partial charge is 0.573 e. The molecule has 25 heavy (non-hydrogen) atoms. The van der Waals surface area contributed by atoms with Crippen LogP contribution in [0.1, 0.15) is 38.8 Å². The summed E-state index contributed by atoms with van der Waals surface area (Å²) in [7, 11) is 1.42. The lowest BCUT2D eigenvalue weighted by molar-refractivity contribution is -0.274. The van der Waals surface area contributed by atoms with Gasteiger partial charge >= 0.3 is 6.36 Å². The number of halogens is 3. The van der Waals surface area contributed by atoms with Crippen LogP contribution in [0.2, 0.25) is 0 Å². The molecule has 0 saturated heterocycles. The molecule has 0 heterocycles. The van der Waals surface area contributed by atoms with Crippen molar-refractivity contribution in [1.29, 1.82) is 0 Å². The monoisotopic (exact) mass is 363 g/mol. The van der Waals surface area contributed by atoms with Gasteiger partial charge in [0.1, 0.15) is 5.75 Å². The fourth-order valence-electron chi connectivity index (χ4n) is 2.05. The highest BCUT2D eigenvalue weighted by atomic mass is 19.4. The summed E-state index contributed by atoms with van der Waals surface area (Å²) in [5.74, 6) is -0.804. The number of aliphatic hydroxyl groups is 1. The van der Waals surface area contributed by atoms with E-state index < -0.39 is 29.8 Å². The Morgan fingerprint density at radius 3 is 2.44 bits per heavy atom. The minimum Gasteiger partial charge on any atom is -0.406 e. The Bertz CT molecular complexity index is 570. The average molecular weight is 363 g/mol. The third-order valence-corrected chi connectivity index (χ3v) is 3.54. The van der Waals surface area contributed by atoms with Gasteiger partial charge in [-0.2, -0.15) is 0 Å². The number of methoxy groups -OCH3 is 1. The molecule has 2 atom stereocenters. The number of aliphatic hydroxyl groups excluding tert-OH is 1. The zero-order valence-corrected chi connectivity index (χ0v) is 14.7. The summed E-state index contributed by atoms with van der Waals surface area (Å²) in [5.41, 5.74) is -0.0589. The molecule has 0 aromatic heterocycles. The minimum atomic E-state index is -4.80. The third kappa shape index (κ3) is 7.74. The number of ether oxygens (including phenoxy) is 2. The van der Waals surface area contributed by atoms with Gasteiger partial charge in [0.25, 0.3) is 0 Å². The summed E-state index contributed by atoms with van der Waals surface area (Å²) in [6.45, 7) is 5.47. The predicted molar refractivity (Wildman–Crippen MR) is 86.0 cm³/mol. The van der Waals surface area contributed by atoms with Gasteiger partial charge in [0.15, 0.2) is 0 Å². The molecule has 0 spiro atoms. The van der Waals surface area contributed by atoms with E-state index in [9.17, 15) is 23.1 Å². The standard InChI is InChI=1S/C17H24F3NO4/c1-16(2,3)14(22)9-15(23)21-13(10-24-4)11-6-5-7-12(8-11)25-17(18,19)20/h5-8,13-14,22H,9-10H2,1-4H3,(H,21,23)/t13-,14?/m0/s1. The number of carbonyl (C=O) groups is 1. The van der Waals surface area contributed by atoms with Crippen molar-refractivity contribution in [3.8, 4) is 5.75 Å². The first-order valence-corrected chi connectivity index (χ1v) is 7.74. The van der Waals surface area contributed by atoms with Crippen LogP contribution in [0.3, 0.4) is 0 Å². The Labute approximate surface area is 145 Å². The van der Waals surface area contributed by atoms with Gasteiger partial charge in [-0.05, 0) is 23.1 Å². The molecule has 142 valence electrons.